The van der Waals surface area contributed by atoms with E-state index in [4.69, 9.17) is 0 Å². The number of ketones is 1. The van der Waals surface area contributed by atoms with E-state index in [9.17, 15) is 9.59 Å². The van der Waals surface area contributed by atoms with Crippen molar-refractivity contribution in [2.75, 3.05) is 0 Å². The Balaban J connectivity index is 2.09. The van der Waals surface area contributed by atoms with Crippen molar-refractivity contribution in [1.29, 1.82) is 0 Å². The molecule has 17 heavy (non-hydrogen) atoms. The monoisotopic (exact) mass is 242 g/mol. The molecule has 0 atom stereocenters. The van der Waals surface area contributed by atoms with E-state index in [1.165, 1.54) is 0 Å². The van der Waals surface area contributed by atoms with Crippen LogP contribution < -0.4 is 0 Å². The first-order valence-corrected chi connectivity index (χ1v) is 5.95. The first-order valence-electron chi connectivity index (χ1n) is 5.14. The maximum atomic E-state index is 11.8. The molecule has 0 saturated heterocycles. The van der Waals surface area contributed by atoms with Crippen molar-refractivity contribution in [3.05, 3.63) is 66.2 Å². The summed E-state index contributed by atoms with van der Waals surface area (Å²) in [6.45, 7) is 0. The highest BCUT2D eigenvalue weighted by Gasteiger charge is 2.16. The Morgan fingerprint density at radius 1 is 0.765 bits per heavy atom. The lowest BCUT2D eigenvalue weighted by molar-refractivity contribution is -0.107. The fourth-order valence-electron chi connectivity index (χ4n) is 1.35. The maximum Gasteiger partial charge on any atom is 0.264 e. The van der Waals surface area contributed by atoms with Crippen LogP contribution in [0.15, 0.2) is 65.6 Å². The molecule has 2 aromatic rings. The molecule has 0 aromatic heterocycles. The van der Waals surface area contributed by atoms with E-state index in [0.29, 0.717) is 5.56 Å². The van der Waals surface area contributed by atoms with Gasteiger partial charge in [0.15, 0.2) is 0 Å². The Hall–Kier alpha value is -1.87. The summed E-state index contributed by atoms with van der Waals surface area (Å²) in [4.78, 5) is 24.3. The fraction of sp³-hybridized carbons (Fsp3) is 0. The first kappa shape index (κ1) is 11.6. The molecular formula is C14H10O2S. The quantitative estimate of drug-likeness (QED) is 0.471. The zero-order valence-electron chi connectivity index (χ0n) is 9.00. The van der Waals surface area contributed by atoms with Gasteiger partial charge in [0.2, 0.25) is 5.78 Å². The Bertz CT molecular complexity index is 520. The molecule has 0 amide bonds. The summed E-state index contributed by atoms with van der Waals surface area (Å²) in [5.74, 6) is -0.459. The second-order valence-electron chi connectivity index (χ2n) is 3.40. The molecule has 2 rings (SSSR count). The predicted octanol–water partition coefficient (Wildman–Crippen LogP) is 3.19. The standard InChI is InChI=1S/C14H10O2S/c15-13(11-7-3-1-4-8-11)14(16)17-12-9-5-2-6-10-12/h1-10H. The summed E-state index contributed by atoms with van der Waals surface area (Å²) in [6, 6.07) is 17.7. The minimum absolute atomic E-state index is 0.431. The van der Waals surface area contributed by atoms with Gasteiger partial charge in [0.25, 0.3) is 5.12 Å². The number of benzene rings is 2. The minimum atomic E-state index is -0.459. The van der Waals surface area contributed by atoms with Gasteiger partial charge in [-0.05, 0) is 23.9 Å². The summed E-state index contributed by atoms with van der Waals surface area (Å²) in [5.41, 5.74) is 0.431. The molecule has 0 spiro atoms. The van der Waals surface area contributed by atoms with E-state index in [0.717, 1.165) is 16.7 Å². The van der Waals surface area contributed by atoms with Crippen LogP contribution in [0.25, 0.3) is 0 Å². The second kappa shape index (κ2) is 5.46. The predicted molar refractivity (Wildman–Crippen MR) is 68.1 cm³/mol. The topological polar surface area (TPSA) is 34.1 Å². The fourth-order valence-corrected chi connectivity index (χ4v) is 2.07. The zero-order valence-corrected chi connectivity index (χ0v) is 9.81. The summed E-state index contributed by atoms with van der Waals surface area (Å²) in [7, 11) is 0. The lowest BCUT2D eigenvalue weighted by Gasteiger charge is -1.99. The smallest absolute Gasteiger partial charge is 0.264 e. The van der Waals surface area contributed by atoms with Gasteiger partial charge < -0.3 is 0 Å². The lowest BCUT2D eigenvalue weighted by atomic mass is 10.1. The largest absolute Gasteiger partial charge is 0.284 e. The number of carbonyl (C=O) groups is 2. The van der Waals surface area contributed by atoms with Gasteiger partial charge in [-0.2, -0.15) is 0 Å². The van der Waals surface area contributed by atoms with Crippen molar-refractivity contribution in [1.82, 2.24) is 0 Å². The van der Waals surface area contributed by atoms with Crippen molar-refractivity contribution >= 4 is 22.7 Å². The zero-order chi connectivity index (χ0) is 12.1. The summed E-state index contributed by atoms with van der Waals surface area (Å²) >= 11 is 0.958. The number of hydrogen-bond donors (Lipinski definition) is 0. The van der Waals surface area contributed by atoms with Gasteiger partial charge in [0, 0.05) is 10.5 Å². The third kappa shape index (κ3) is 3.04. The highest BCUT2D eigenvalue weighted by molar-refractivity contribution is 8.15. The average molecular weight is 242 g/mol. The van der Waals surface area contributed by atoms with Crippen LogP contribution in [-0.4, -0.2) is 10.9 Å². The molecular weight excluding hydrogens is 232 g/mol. The van der Waals surface area contributed by atoms with Gasteiger partial charge in [0.1, 0.15) is 0 Å². The van der Waals surface area contributed by atoms with E-state index in [-0.39, 0.29) is 0 Å². The first-order chi connectivity index (χ1) is 8.27. The number of hydrogen-bond acceptors (Lipinski definition) is 3. The van der Waals surface area contributed by atoms with Gasteiger partial charge in [-0.1, -0.05) is 48.5 Å². The third-order valence-corrected chi connectivity index (χ3v) is 3.05. The molecule has 0 unspecified atom stereocenters. The van der Waals surface area contributed by atoms with Gasteiger partial charge in [-0.3, -0.25) is 9.59 Å². The van der Waals surface area contributed by atoms with E-state index >= 15 is 0 Å². The molecule has 0 aliphatic rings. The second-order valence-corrected chi connectivity index (χ2v) is 4.44. The molecule has 0 bridgehead atoms. The van der Waals surface area contributed by atoms with E-state index < -0.39 is 10.9 Å². The Morgan fingerprint density at radius 3 is 1.88 bits per heavy atom. The van der Waals surface area contributed by atoms with Crippen LogP contribution in [0.1, 0.15) is 10.4 Å². The molecule has 0 N–H and O–H groups in total. The SMILES string of the molecule is O=C(Sc1ccccc1)C(=O)c1ccccc1. The van der Waals surface area contributed by atoms with Crippen molar-refractivity contribution in [3.8, 4) is 0 Å². The molecule has 0 aliphatic heterocycles. The Labute approximate surface area is 104 Å². The highest BCUT2D eigenvalue weighted by Crippen LogP contribution is 2.19. The molecule has 0 heterocycles. The Morgan fingerprint density at radius 2 is 1.29 bits per heavy atom. The summed E-state index contributed by atoms with van der Waals surface area (Å²) in [6.07, 6.45) is 0. The van der Waals surface area contributed by atoms with Crippen LogP contribution in [0.2, 0.25) is 0 Å². The Kier molecular flexibility index (Phi) is 3.73. The lowest BCUT2D eigenvalue weighted by Crippen LogP contribution is -2.09. The summed E-state index contributed by atoms with van der Waals surface area (Å²) in [5, 5.41) is -0.456. The highest BCUT2D eigenvalue weighted by atomic mass is 32.2. The minimum Gasteiger partial charge on any atom is -0.284 e. The maximum absolute atomic E-state index is 11.8. The van der Waals surface area contributed by atoms with Crippen LogP contribution in [0.3, 0.4) is 0 Å². The van der Waals surface area contributed by atoms with Gasteiger partial charge in [0.05, 0.1) is 0 Å². The number of Topliss-reactive ketones (excluding diaryl/α,β-unsaturated/α-hetero) is 1. The molecule has 3 heteroatoms. The van der Waals surface area contributed by atoms with Crippen molar-refractivity contribution in [3.63, 3.8) is 0 Å². The van der Waals surface area contributed by atoms with E-state index in [2.05, 4.69) is 0 Å². The number of carbonyl (C=O) groups excluding carboxylic acids is 2. The number of rotatable bonds is 3. The molecule has 84 valence electrons. The molecule has 0 fully saturated rings. The van der Waals surface area contributed by atoms with Crippen molar-refractivity contribution in [2.45, 2.75) is 4.90 Å². The third-order valence-electron chi connectivity index (χ3n) is 2.18. The summed E-state index contributed by atoms with van der Waals surface area (Å²) < 4.78 is 0. The molecule has 0 saturated carbocycles. The van der Waals surface area contributed by atoms with Crippen LogP contribution in [0.5, 0.6) is 0 Å². The van der Waals surface area contributed by atoms with Crippen LogP contribution in [0, 0.1) is 0 Å². The number of thioether (sulfide) groups is 1. The molecule has 2 nitrogen and oxygen atoms in total. The van der Waals surface area contributed by atoms with Crippen LogP contribution in [-0.2, 0) is 4.79 Å². The average Bonchev–Trinajstić information content (AvgIpc) is 2.40. The van der Waals surface area contributed by atoms with E-state index in [1.807, 2.05) is 24.3 Å². The van der Waals surface area contributed by atoms with Gasteiger partial charge in [-0.25, -0.2) is 0 Å². The molecule has 0 radical (unpaired) electrons. The van der Waals surface area contributed by atoms with Crippen LogP contribution >= 0.6 is 11.8 Å². The van der Waals surface area contributed by atoms with Crippen LogP contribution in [0.4, 0.5) is 0 Å². The van der Waals surface area contributed by atoms with Gasteiger partial charge in [-0.15, -0.1) is 0 Å². The normalized spacial score (nSPS) is 9.88. The van der Waals surface area contributed by atoms with Gasteiger partial charge >= 0.3 is 0 Å². The molecule has 2 aromatic carbocycles. The van der Waals surface area contributed by atoms with Crippen molar-refractivity contribution < 1.29 is 9.59 Å². The van der Waals surface area contributed by atoms with E-state index in [1.54, 1.807) is 36.4 Å². The molecule has 0 aliphatic carbocycles. The van der Waals surface area contributed by atoms with Crippen molar-refractivity contribution in [2.24, 2.45) is 0 Å².